The molecule has 3 heterocycles. The lowest BCUT2D eigenvalue weighted by atomic mass is 9.98. The van der Waals surface area contributed by atoms with E-state index in [2.05, 4.69) is 45.0 Å². The molecule has 0 radical (unpaired) electrons. The Kier molecular flexibility index (Phi) is 7.91. The molecule has 1 fully saturated rings. The fraction of sp³-hybridized carbons (Fsp3) is 0.571. The van der Waals surface area contributed by atoms with Gasteiger partial charge in [-0.2, -0.15) is 0 Å². The van der Waals surface area contributed by atoms with Crippen LogP contribution in [0.25, 0.3) is 0 Å². The number of nitrogens with one attached hydrogen (secondary N) is 2. The van der Waals surface area contributed by atoms with E-state index >= 15 is 0 Å². The van der Waals surface area contributed by atoms with Crippen molar-refractivity contribution in [2.45, 2.75) is 38.8 Å². The maximum atomic E-state index is 10.7. The molecule has 2 aromatic heterocycles. The molecule has 7 heteroatoms. The lowest BCUT2D eigenvalue weighted by Crippen LogP contribution is -2.44. The molecule has 154 valence electrons. The molecule has 1 aliphatic rings. The van der Waals surface area contributed by atoms with Gasteiger partial charge in [0, 0.05) is 35.9 Å². The van der Waals surface area contributed by atoms with Crippen molar-refractivity contribution in [1.29, 1.82) is 0 Å². The number of hydrogen-bond acceptors (Lipinski definition) is 5. The summed E-state index contributed by atoms with van der Waals surface area (Å²) in [4.78, 5) is 9.60. The largest absolute Gasteiger partial charge is 0.383 e. The first-order valence-electron chi connectivity index (χ1n) is 10.1. The summed E-state index contributed by atoms with van der Waals surface area (Å²) in [6.45, 7) is 9.33. The van der Waals surface area contributed by atoms with Gasteiger partial charge in [-0.05, 0) is 62.0 Å². The minimum atomic E-state index is -0.932. The van der Waals surface area contributed by atoms with Gasteiger partial charge >= 0.3 is 0 Å². The van der Waals surface area contributed by atoms with Crippen LogP contribution in [0, 0.1) is 5.92 Å². The Morgan fingerprint density at radius 1 is 1.29 bits per heavy atom. The van der Waals surface area contributed by atoms with Crippen molar-refractivity contribution in [1.82, 2.24) is 15.5 Å². The lowest BCUT2D eigenvalue weighted by Gasteiger charge is -2.32. The maximum Gasteiger partial charge on any atom is 0.191 e. The van der Waals surface area contributed by atoms with Gasteiger partial charge in [-0.3, -0.25) is 4.90 Å². The highest BCUT2D eigenvalue weighted by Crippen LogP contribution is 2.25. The molecule has 1 aliphatic heterocycles. The molecule has 0 saturated carbocycles. The molecule has 3 rings (SSSR count). The van der Waals surface area contributed by atoms with E-state index < -0.39 is 5.60 Å². The van der Waals surface area contributed by atoms with Crippen LogP contribution >= 0.6 is 22.7 Å². The van der Waals surface area contributed by atoms with E-state index in [1.165, 1.54) is 24.3 Å². The second-order valence-corrected chi connectivity index (χ2v) is 9.63. The van der Waals surface area contributed by atoms with Crippen molar-refractivity contribution in [3.8, 4) is 0 Å². The third-order valence-electron chi connectivity index (χ3n) is 5.06. The molecule has 3 N–H and O–H groups in total. The van der Waals surface area contributed by atoms with Crippen LogP contribution in [0.2, 0.25) is 0 Å². The van der Waals surface area contributed by atoms with Crippen molar-refractivity contribution in [3.63, 3.8) is 0 Å². The lowest BCUT2D eigenvalue weighted by molar-refractivity contribution is 0.0711. The van der Waals surface area contributed by atoms with Crippen LogP contribution in [0.3, 0.4) is 0 Å². The first-order valence-corrected chi connectivity index (χ1v) is 11.9. The van der Waals surface area contributed by atoms with Crippen molar-refractivity contribution >= 4 is 28.6 Å². The fourth-order valence-corrected chi connectivity index (χ4v) is 5.09. The number of nitrogens with zero attached hydrogens (tertiary/aromatic N) is 2. The fourth-order valence-electron chi connectivity index (χ4n) is 3.56. The van der Waals surface area contributed by atoms with Gasteiger partial charge < -0.3 is 15.7 Å². The Hall–Kier alpha value is -1.41. The van der Waals surface area contributed by atoms with E-state index in [-0.39, 0.29) is 0 Å². The molecular formula is C21H32N4OS2. The molecule has 2 unspecified atom stereocenters. The van der Waals surface area contributed by atoms with E-state index in [1.807, 2.05) is 35.8 Å². The minimum Gasteiger partial charge on any atom is -0.383 e. The molecular weight excluding hydrogens is 388 g/mol. The van der Waals surface area contributed by atoms with E-state index in [0.29, 0.717) is 12.5 Å². The highest BCUT2D eigenvalue weighted by Gasteiger charge is 2.24. The van der Waals surface area contributed by atoms with Crippen LogP contribution in [-0.2, 0) is 12.1 Å². The molecule has 0 amide bonds. The second kappa shape index (κ2) is 10.4. The SMILES string of the molecule is CCNC(=NCC(C)(O)c1cccs1)NCC1CCCN(Cc2cccs2)C1. The third-order valence-corrected chi connectivity index (χ3v) is 7.05. The predicted octanol–water partition coefficient (Wildman–Crippen LogP) is 3.48. The van der Waals surface area contributed by atoms with E-state index in [0.717, 1.165) is 37.0 Å². The molecule has 1 saturated heterocycles. The number of hydrogen-bond donors (Lipinski definition) is 3. The standard InChI is InChI=1S/C21H32N4OS2/c1-3-22-20(24-16-21(2,26)19-9-6-12-28-19)23-13-17-7-4-10-25(14-17)15-18-8-5-11-27-18/h5-6,8-9,11-12,17,26H,3-4,7,10,13-16H2,1-2H3,(H2,22,23,24). The number of piperidine rings is 1. The normalized spacial score (nSPS) is 20.7. The van der Waals surface area contributed by atoms with Crippen LogP contribution in [0.15, 0.2) is 40.0 Å². The van der Waals surface area contributed by atoms with E-state index in [9.17, 15) is 5.11 Å². The third kappa shape index (κ3) is 6.30. The summed E-state index contributed by atoms with van der Waals surface area (Å²) in [5.74, 6) is 1.41. The van der Waals surface area contributed by atoms with Crippen molar-refractivity contribution in [2.24, 2.45) is 10.9 Å². The zero-order valence-electron chi connectivity index (χ0n) is 16.9. The summed E-state index contributed by atoms with van der Waals surface area (Å²) in [5.41, 5.74) is -0.932. The minimum absolute atomic E-state index is 0.345. The quantitative estimate of drug-likeness (QED) is 0.452. The Morgan fingerprint density at radius 3 is 2.82 bits per heavy atom. The molecule has 0 aromatic carbocycles. The van der Waals surface area contributed by atoms with Crippen LogP contribution in [0.1, 0.15) is 36.4 Å². The van der Waals surface area contributed by atoms with Crippen molar-refractivity contribution in [2.75, 3.05) is 32.7 Å². The Morgan fingerprint density at radius 2 is 2.11 bits per heavy atom. The summed E-state index contributed by atoms with van der Waals surface area (Å²) < 4.78 is 0. The highest BCUT2D eigenvalue weighted by molar-refractivity contribution is 7.10. The summed E-state index contributed by atoms with van der Waals surface area (Å²) in [5, 5.41) is 21.7. The monoisotopic (exact) mass is 420 g/mol. The first kappa shape index (κ1) is 21.3. The van der Waals surface area contributed by atoms with Gasteiger partial charge in [0.2, 0.25) is 0 Å². The van der Waals surface area contributed by atoms with Crippen LogP contribution in [-0.4, -0.2) is 48.7 Å². The number of likely N-dealkylation sites (tertiary alicyclic amines) is 1. The molecule has 2 aromatic rings. The number of guanidine groups is 1. The maximum absolute atomic E-state index is 10.7. The molecule has 5 nitrogen and oxygen atoms in total. The molecule has 2 atom stereocenters. The number of aliphatic hydroxyl groups is 1. The average molecular weight is 421 g/mol. The van der Waals surface area contributed by atoms with Crippen LogP contribution in [0.5, 0.6) is 0 Å². The summed E-state index contributed by atoms with van der Waals surface area (Å²) >= 11 is 3.41. The Bertz CT molecular complexity index is 713. The average Bonchev–Trinajstić information content (AvgIpc) is 3.39. The highest BCUT2D eigenvalue weighted by atomic mass is 32.1. The Labute approximate surface area is 176 Å². The predicted molar refractivity (Wildman–Crippen MR) is 120 cm³/mol. The summed E-state index contributed by atoms with van der Waals surface area (Å²) in [6, 6.07) is 8.28. The second-order valence-electron chi connectivity index (χ2n) is 7.65. The van der Waals surface area contributed by atoms with Crippen molar-refractivity contribution < 1.29 is 5.11 Å². The van der Waals surface area contributed by atoms with Gasteiger partial charge in [-0.15, -0.1) is 22.7 Å². The van der Waals surface area contributed by atoms with Gasteiger partial charge in [0.1, 0.15) is 5.60 Å². The summed E-state index contributed by atoms with van der Waals surface area (Å²) in [7, 11) is 0. The van der Waals surface area contributed by atoms with Gasteiger partial charge in [0.25, 0.3) is 0 Å². The van der Waals surface area contributed by atoms with Gasteiger partial charge in [0.05, 0.1) is 6.54 Å². The molecule has 0 bridgehead atoms. The smallest absolute Gasteiger partial charge is 0.191 e. The van der Waals surface area contributed by atoms with E-state index in [4.69, 9.17) is 0 Å². The van der Waals surface area contributed by atoms with E-state index in [1.54, 1.807) is 11.3 Å². The van der Waals surface area contributed by atoms with Crippen LogP contribution < -0.4 is 10.6 Å². The molecule has 0 aliphatic carbocycles. The summed E-state index contributed by atoms with van der Waals surface area (Å²) in [6.07, 6.45) is 2.50. The van der Waals surface area contributed by atoms with Gasteiger partial charge in [0.15, 0.2) is 5.96 Å². The number of rotatable bonds is 8. The molecule has 0 spiro atoms. The number of thiophene rings is 2. The first-order chi connectivity index (χ1) is 13.6. The zero-order chi connectivity index (χ0) is 19.8. The van der Waals surface area contributed by atoms with Gasteiger partial charge in [-0.1, -0.05) is 12.1 Å². The van der Waals surface area contributed by atoms with Crippen LogP contribution in [0.4, 0.5) is 0 Å². The number of aliphatic imine (C=N–C) groups is 1. The zero-order valence-corrected chi connectivity index (χ0v) is 18.5. The Balaban J connectivity index is 1.51. The molecule has 28 heavy (non-hydrogen) atoms. The van der Waals surface area contributed by atoms with Crippen molar-refractivity contribution in [3.05, 3.63) is 44.8 Å². The topological polar surface area (TPSA) is 59.9 Å². The van der Waals surface area contributed by atoms with Gasteiger partial charge in [-0.25, -0.2) is 4.99 Å².